The maximum Gasteiger partial charge on any atom is 0.156 e. The first-order chi connectivity index (χ1) is 8.19. The van der Waals surface area contributed by atoms with Crippen molar-refractivity contribution in [1.29, 1.82) is 0 Å². The van der Waals surface area contributed by atoms with Crippen molar-refractivity contribution >= 4 is 23.2 Å². The molecule has 4 heteroatoms. The van der Waals surface area contributed by atoms with Gasteiger partial charge in [-0.1, -0.05) is 36.5 Å². The Hall–Kier alpha value is -0.440. The van der Waals surface area contributed by atoms with Gasteiger partial charge in [0.05, 0.1) is 16.7 Å². The van der Waals surface area contributed by atoms with E-state index in [2.05, 4.69) is 12.2 Å². The summed E-state index contributed by atoms with van der Waals surface area (Å²) in [6.07, 6.45) is 2.37. The third-order valence-corrected chi connectivity index (χ3v) is 2.94. The van der Waals surface area contributed by atoms with Crippen LogP contribution in [-0.4, -0.2) is 13.2 Å². The topological polar surface area (TPSA) is 21.3 Å². The first-order valence-corrected chi connectivity index (χ1v) is 6.76. The Bertz CT molecular complexity index is 332. The molecule has 0 aliphatic heterocycles. The highest BCUT2D eigenvalue weighted by atomic mass is 35.5. The summed E-state index contributed by atoms with van der Waals surface area (Å²) in [5.41, 5.74) is 1.08. The molecule has 1 rings (SSSR count). The second-order valence-corrected chi connectivity index (χ2v) is 4.67. The number of hydrogen-bond acceptors (Lipinski definition) is 2. The third-order valence-electron chi connectivity index (χ3n) is 2.38. The third kappa shape index (κ3) is 4.74. The van der Waals surface area contributed by atoms with E-state index in [1.807, 2.05) is 19.1 Å². The molecule has 17 heavy (non-hydrogen) atoms. The molecule has 1 aromatic rings. The first-order valence-electron chi connectivity index (χ1n) is 6.00. The minimum absolute atomic E-state index is 0.563. The van der Waals surface area contributed by atoms with Crippen LogP contribution >= 0.6 is 23.2 Å². The van der Waals surface area contributed by atoms with Gasteiger partial charge in [-0.15, -0.1) is 0 Å². The van der Waals surface area contributed by atoms with Crippen molar-refractivity contribution < 1.29 is 4.74 Å². The summed E-state index contributed by atoms with van der Waals surface area (Å²) in [6.45, 7) is 6.44. The second kappa shape index (κ2) is 7.80. The number of rotatable bonds is 7. The van der Waals surface area contributed by atoms with Gasteiger partial charge >= 0.3 is 0 Å². The molecular formula is C13H19Cl2NO. The molecule has 0 aliphatic rings. The van der Waals surface area contributed by atoms with Gasteiger partial charge in [-0.2, -0.15) is 0 Å². The predicted octanol–water partition coefficient (Wildman–Crippen LogP) is 4.28. The average molecular weight is 276 g/mol. The lowest BCUT2D eigenvalue weighted by Gasteiger charge is -2.11. The maximum atomic E-state index is 6.12. The van der Waals surface area contributed by atoms with Gasteiger partial charge in [-0.3, -0.25) is 0 Å². The van der Waals surface area contributed by atoms with Crippen molar-refractivity contribution in [2.45, 2.75) is 33.2 Å². The molecule has 0 spiro atoms. The molecule has 0 aromatic heterocycles. The summed E-state index contributed by atoms with van der Waals surface area (Å²) in [4.78, 5) is 0. The SMILES string of the molecule is CCCCNCc1cc(Cl)c(OCC)c(Cl)c1. The van der Waals surface area contributed by atoms with Crippen LogP contribution in [0.25, 0.3) is 0 Å². The highest BCUT2D eigenvalue weighted by Crippen LogP contribution is 2.34. The van der Waals surface area contributed by atoms with Gasteiger partial charge in [0.15, 0.2) is 5.75 Å². The molecule has 0 atom stereocenters. The first kappa shape index (κ1) is 14.6. The average Bonchev–Trinajstić information content (AvgIpc) is 2.29. The normalized spacial score (nSPS) is 10.6. The van der Waals surface area contributed by atoms with Crippen LogP contribution in [0.5, 0.6) is 5.75 Å². The highest BCUT2D eigenvalue weighted by Gasteiger charge is 2.08. The van der Waals surface area contributed by atoms with Crippen LogP contribution in [0.1, 0.15) is 32.3 Å². The summed E-state index contributed by atoms with van der Waals surface area (Å²) in [5, 5.41) is 4.50. The molecule has 1 N–H and O–H groups in total. The molecule has 0 amide bonds. The zero-order valence-corrected chi connectivity index (χ0v) is 11.9. The molecule has 96 valence electrons. The number of hydrogen-bond donors (Lipinski definition) is 1. The minimum atomic E-state index is 0.563. The Balaban J connectivity index is 2.63. The number of nitrogens with one attached hydrogen (secondary N) is 1. The van der Waals surface area contributed by atoms with Crippen LogP contribution in [0.4, 0.5) is 0 Å². The van der Waals surface area contributed by atoms with Crippen molar-refractivity contribution in [3.05, 3.63) is 27.7 Å². The van der Waals surface area contributed by atoms with Gasteiger partial charge in [0, 0.05) is 6.54 Å². The largest absolute Gasteiger partial charge is 0.491 e. The van der Waals surface area contributed by atoms with Crippen molar-refractivity contribution in [2.24, 2.45) is 0 Å². The van der Waals surface area contributed by atoms with E-state index < -0.39 is 0 Å². The molecule has 0 saturated carbocycles. The quantitative estimate of drug-likeness (QED) is 0.750. The van der Waals surface area contributed by atoms with Crippen LogP contribution in [0.3, 0.4) is 0 Å². The zero-order chi connectivity index (χ0) is 12.7. The Labute approximate surface area is 113 Å². The van der Waals surface area contributed by atoms with Crippen molar-refractivity contribution in [3.63, 3.8) is 0 Å². The number of unbranched alkanes of at least 4 members (excludes halogenated alkanes) is 1. The van der Waals surface area contributed by atoms with Gasteiger partial charge in [0.25, 0.3) is 0 Å². The van der Waals surface area contributed by atoms with Crippen LogP contribution < -0.4 is 10.1 Å². The maximum absolute atomic E-state index is 6.12. The molecule has 0 bridgehead atoms. The number of halogens is 2. The molecule has 0 fully saturated rings. The molecule has 0 unspecified atom stereocenters. The van der Waals surface area contributed by atoms with E-state index in [4.69, 9.17) is 27.9 Å². The Morgan fingerprint density at radius 3 is 2.35 bits per heavy atom. The monoisotopic (exact) mass is 275 g/mol. The van der Waals surface area contributed by atoms with Gasteiger partial charge in [-0.25, -0.2) is 0 Å². The molecule has 0 heterocycles. The summed E-state index contributed by atoms with van der Waals surface area (Å²) in [7, 11) is 0. The van der Waals surface area contributed by atoms with Crippen LogP contribution in [0.15, 0.2) is 12.1 Å². The predicted molar refractivity (Wildman–Crippen MR) is 74.2 cm³/mol. The molecular weight excluding hydrogens is 257 g/mol. The van der Waals surface area contributed by atoms with E-state index in [9.17, 15) is 0 Å². The van der Waals surface area contributed by atoms with Crippen LogP contribution in [0, 0.1) is 0 Å². The molecule has 2 nitrogen and oxygen atoms in total. The van der Waals surface area contributed by atoms with Crippen molar-refractivity contribution in [2.75, 3.05) is 13.2 Å². The minimum Gasteiger partial charge on any atom is -0.491 e. The summed E-state index contributed by atoms with van der Waals surface area (Å²) in [6, 6.07) is 3.80. The smallest absolute Gasteiger partial charge is 0.156 e. The van der Waals surface area contributed by atoms with E-state index in [0.29, 0.717) is 22.4 Å². The van der Waals surface area contributed by atoms with Crippen molar-refractivity contribution in [1.82, 2.24) is 5.32 Å². The van der Waals surface area contributed by atoms with Crippen LogP contribution in [-0.2, 0) is 6.54 Å². The second-order valence-electron chi connectivity index (χ2n) is 3.85. The number of benzene rings is 1. The fourth-order valence-electron chi connectivity index (χ4n) is 1.53. The van der Waals surface area contributed by atoms with E-state index in [1.165, 1.54) is 12.8 Å². The van der Waals surface area contributed by atoms with Gasteiger partial charge in [0.1, 0.15) is 0 Å². The standard InChI is InChI=1S/C13H19Cl2NO/c1-3-5-6-16-9-10-7-11(14)13(17-4-2)12(15)8-10/h7-8,16H,3-6,9H2,1-2H3. The summed E-state index contributed by atoms with van der Waals surface area (Å²) < 4.78 is 5.38. The highest BCUT2D eigenvalue weighted by molar-refractivity contribution is 6.37. The lowest BCUT2D eigenvalue weighted by atomic mass is 10.2. The number of ether oxygens (including phenoxy) is 1. The lowest BCUT2D eigenvalue weighted by Crippen LogP contribution is -2.14. The van der Waals surface area contributed by atoms with Gasteiger partial charge < -0.3 is 10.1 Å². The van der Waals surface area contributed by atoms with Gasteiger partial charge in [0.2, 0.25) is 0 Å². The Morgan fingerprint density at radius 2 is 1.82 bits per heavy atom. The Kier molecular flexibility index (Phi) is 6.71. The van der Waals surface area contributed by atoms with E-state index in [0.717, 1.165) is 18.7 Å². The Morgan fingerprint density at radius 1 is 1.18 bits per heavy atom. The van der Waals surface area contributed by atoms with E-state index >= 15 is 0 Å². The molecule has 0 aliphatic carbocycles. The summed E-state index contributed by atoms with van der Waals surface area (Å²) in [5.74, 6) is 0.577. The van der Waals surface area contributed by atoms with E-state index in [1.54, 1.807) is 0 Å². The van der Waals surface area contributed by atoms with E-state index in [-0.39, 0.29) is 0 Å². The van der Waals surface area contributed by atoms with Crippen molar-refractivity contribution in [3.8, 4) is 5.75 Å². The molecule has 0 saturated heterocycles. The van der Waals surface area contributed by atoms with Crippen LogP contribution in [0.2, 0.25) is 10.0 Å². The fraction of sp³-hybridized carbons (Fsp3) is 0.538. The summed E-state index contributed by atoms with van der Waals surface area (Å²) >= 11 is 12.2. The fourth-order valence-corrected chi connectivity index (χ4v) is 2.17. The molecule has 0 radical (unpaired) electrons. The zero-order valence-electron chi connectivity index (χ0n) is 10.4. The molecule has 1 aromatic carbocycles. The van der Waals surface area contributed by atoms with Gasteiger partial charge in [-0.05, 0) is 37.6 Å². The lowest BCUT2D eigenvalue weighted by molar-refractivity contribution is 0.340.